The Morgan fingerprint density at radius 1 is 0.971 bits per heavy atom. The molecule has 1 atom stereocenters. The Morgan fingerprint density at radius 2 is 1.66 bits per heavy atom. The molecular weight excluding hydrogens is 442 g/mol. The number of Topliss-reactive ketones (excluding diaryl/α,β-unsaturated/α-hetero) is 1. The highest BCUT2D eigenvalue weighted by Crippen LogP contribution is 2.44. The summed E-state index contributed by atoms with van der Waals surface area (Å²) in [7, 11) is 1.44. The Balaban J connectivity index is 1.96. The molecule has 1 heterocycles. The number of amides is 1. The van der Waals surface area contributed by atoms with E-state index in [1.165, 1.54) is 18.1 Å². The molecule has 4 rings (SSSR count). The molecule has 1 aliphatic rings. The van der Waals surface area contributed by atoms with Crippen LogP contribution in [0.1, 0.15) is 53.6 Å². The lowest BCUT2D eigenvalue weighted by Crippen LogP contribution is -2.29. The van der Waals surface area contributed by atoms with Crippen molar-refractivity contribution in [1.82, 2.24) is 0 Å². The van der Waals surface area contributed by atoms with Crippen molar-refractivity contribution >= 4 is 23.1 Å². The third kappa shape index (κ3) is 4.28. The van der Waals surface area contributed by atoms with E-state index < -0.39 is 17.7 Å². The summed E-state index contributed by atoms with van der Waals surface area (Å²) in [5.41, 5.74) is 4.24. The average molecular weight is 472 g/mol. The third-order valence-corrected chi connectivity index (χ3v) is 6.45. The summed E-state index contributed by atoms with van der Waals surface area (Å²) in [4.78, 5) is 28.1. The Kier molecular flexibility index (Phi) is 6.39. The number of aliphatic hydroxyl groups excluding tert-OH is 1. The first-order valence-corrected chi connectivity index (χ1v) is 11.5. The summed E-state index contributed by atoms with van der Waals surface area (Å²) in [6, 6.07) is 16.8. The number of carbonyl (C=O) groups is 2. The zero-order valence-electron chi connectivity index (χ0n) is 20.5. The van der Waals surface area contributed by atoms with Gasteiger partial charge in [0.1, 0.15) is 5.76 Å². The molecule has 3 aromatic rings. The lowest BCUT2D eigenvalue weighted by atomic mass is 9.93. The highest BCUT2D eigenvalue weighted by Gasteiger charge is 2.47. The molecule has 0 saturated carbocycles. The first kappa shape index (κ1) is 24.1. The molecule has 0 aliphatic carbocycles. The van der Waals surface area contributed by atoms with E-state index in [9.17, 15) is 19.8 Å². The van der Waals surface area contributed by atoms with Crippen molar-refractivity contribution < 1.29 is 24.5 Å². The summed E-state index contributed by atoms with van der Waals surface area (Å²) in [5.74, 6) is -1.32. The monoisotopic (exact) mass is 471 g/mol. The summed E-state index contributed by atoms with van der Waals surface area (Å²) >= 11 is 0. The molecule has 1 aliphatic heterocycles. The highest BCUT2D eigenvalue weighted by molar-refractivity contribution is 6.51. The topological polar surface area (TPSA) is 87.1 Å². The molecule has 6 nitrogen and oxygen atoms in total. The highest BCUT2D eigenvalue weighted by atomic mass is 16.5. The summed E-state index contributed by atoms with van der Waals surface area (Å²) in [5, 5.41) is 21.9. The van der Waals surface area contributed by atoms with Crippen LogP contribution in [0.25, 0.3) is 5.76 Å². The fourth-order valence-electron chi connectivity index (χ4n) is 4.45. The van der Waals surface area contributed by atoms with Crippen LogP contribution in [0.3, 0.4) is 0 Å². The van der Waals surface area contributed by atoms with Crippen molar-refractivity contribution in [2.45, 2.75) is 39.7 Å². The van der Waals surface area contributed by atoms with E-state index in [1.54, 1.807) is 30.3 Å². The normalized spacial score (nSPS) is 17.3. The standard InChI is InChI=1S/C29H29NO5/c1-16(2)19-8-11-21(12-9-19)30-26(20-10-13-24(35-5)23(31)15-20)25(28(33)29(30)34)27(32)22-14-17(3)6-7-18(22)4/h6-16,26,31-32H,1-5H3/b27-25+. The zero-order valence-corrected chi connectivity index (χ0v) is 20.5. The van der Waals surface area contributed by atoms with E-state index in [4.69, 9.17) is 4.74 Å². The fourth-order valence-corrected chi connectivity index (χ4v) is 4.45. The van der Waals surface area contributed by atoms with Gasteiger partial charge in [0, 0.05) is 11.3 Å². The van der Waals surface area contributed by atoms with E-state index in [1.807, 2.05) is 38.1 Å². The van der Waals surface area contributed by atoms with Crippen LogP contribution in [0.15, 0.2) is 66.2 Å². The average Bonchev–Trinajstić information content (AvgIpc) is 3.10. The Bertz CT molecular complexity index is 1340. The number of carbonyl (C=O) groups excluding carboxylic acids is 2. The van der Waals surface area contributed by atoms with Gasteiger partial charge in [-0.15, -0.1) is 0 Å². The van der Waals surface area contributed by atoms with Gasteiger partial charge in [0.05, 0.1) is 18.7 Å². The molecule has 6 heteroatoms. The molecule has 1 saturated heterocycles. The van der Waals surface area contributed by atoms with Crippen molar-refractivity contribution in [3.05, 3.63) is 94.1 Å². The van der Waals surface area contributed by atoms with E-state index in [0.29, 0.717) is 22.7 Å². The predicted molar refractivity (Wildman–Crippen MR) is 136 cm³/mol. The van der Waals surface area contributed by atoms with Crippen molar-refractivity contribution in [3.63, 3.8) is 0 Å². The Morgan fingerprint density at radius 3 is 2.26 bits per heavy atom. The number of aliphatic hydroxyl groups is 1. The quantitative estimate of drug-likeness (QED) is 0.280. The molecule has 180 valence electrons. The number of hydrogen-bond donors (Lipinski definition) is 2. The molecule has 0 spiro atoms. The number of benzene rings is 3. The molecule has 1 unspecified atom stereocenters. The van der Waals surface area contributed by atoms with Gasteiger partial charge in [-0.05, 0) is 66.8 Å². The van der Waals surface area contributed by atoms with Gasteiger partial charge in [-0.1, -0.05) is 49.7 Å². The maximum Gasteiger partial charge on any atom is 0.300 e. The molecule has 0 aromatic heterocycles. The minimum absolute atomic E-state index is 0.0267. The number of rotatable bonds is 5. The number of anilines is 1. The largest absolute Gasteiger partial charge is 0.507 e. The molecule has 0 bridgehead atoms. The fraction of sp³-hybridized carbons (Fsp3) is 0.241. The second kappa shape index (κ2) is 9.29. The molecule has 0 radical (unpaired) electrons. The second-order valence-electron chi connectivity index (χ2n) is 9.16. The number of aromatic hydroxyl groups is 1. The zero-order chi connectivity index (χ0) is 25.4. The number of ketones is 1. The first-order chi connectivity index (χ1) is 16.6. The third-order valence-electron chi connectivity index (χ3n) is 6.45. The summed E-state index contributed by atoms with van der Waals surface area (Å²) in [6.07, 6.45) is 0. The van der Waals surface area contributed by atoms with Crippen LogP contribution < -0.4 is 9.64 Å². The SMILES string of the molecule is COc1ccc(C2/C(=C(\O)c3cc(C)ccc3C)C(=O)C(=O)N2c2ccc(C(C)C)cc2)cc1O. The number of phenolic OH excluding ortho intramolecular Hbond substituents is 1. The number of hydrogen-bond acceptors (Lipinski definition) is 5. The lowest BCUT2D eigenvalue weighted by molar-refractivity contribution is -0.132. The summed E-state index contributed by atoms with van der Waals surface area (Å²) in [6.45, 7) is 7.88. The Labute approximate surface area is 205 Å². The van der Waals surface area contributed by atoms with E-state index >= 15 is 0 Å². The van der Waals surface area contributed by atoms with Gasteiger partial charge in [0.2, 0.25) is 0 Å². The first-order valence-electron chi connectivity index (χ1n) is 11.5. The van der Waals surface area contributed by atoms with Crippen LogP contribution >= 0.6 is 0 Å². The molecule has 1 fully saturated rings. The minimum Gasteiger partial charge on any atom is -0.507 e. The summed E-state index contributed by atoms with van der Waals surface area (Å²) < 4.78 is 5.17. The van der Waals surface area contributed by atoms with Crippen molar-refractivity contribution in [2.75, 3.05) is 12.0 Å². The number of aryl methyl sites for hydroxylation is 2. The van der Waals surface area contributed by atoms with Gasteiger partial charge in [0.15, 0.2) is 11.5 Å². The number of ether oxygens (including phenoxy) is 1. The number of phenols is 1. The van der Waals surface area contributed by atoms with Crippen molar-refractivity contribution in [2.24, 2.45) is 0 Å². The number of methoxy groups -OCH3 is 1. The minimum atomic E-state index is -0.934. The van der Waals surface area contributed by atoms with Gasteiger partial charge in [0.25, 0.3) is 11.7 Å². The lowest BCUT2D eigenvalue weighted by Gasteiger charge is -2.26. The predicted octanol–water partition coefficient (Wildman–Crippen LogP) is 5.77. The van der Waals surface area contributed by atoms with Crippen LogP contribution in [0.4, 0.5) is 5.69 Å². The van der Waals surface area contributed by atoms with Crippen molar-refractivity contribution in [3.8, 4) is 11.5 Å². The maximum absolute atomic E-state index is 13.4. The van der Waals surface area contributed by atoms with Crippen molar-refractivity contribution in [1.29, 1.82) is 0 Å². The van der Waals surface area contributed by atoms with Crippen LogP contribution in [0, 0.1) is 13.8 Å². The Hall–Kier alpha value is -4.06. The van der Waals surface area contributed by atoms with Gasteiger partial charge in [-0.2, -0.15) is 0 Å². The van der Waals surface area contributed by atoms with Gasteiger partial charge in [-0.25, -0.2) is 0 Å². The van der Waals surface area contributed by atoms with Crippen LogP contribution in [-0.2, 0) is 9.59 Å². The van der Waals surface area contributed by atoms with Crippen LogP contribution in [0.2, 0.25) is 0 Å². The maximum atomic E-state index is 13.4. The van der Waals surface area contributed by atoms with E-state index in [-0.39, 0.29) is 22.8 Å². The van der Waals surface area contributed by atoms with Gasteiger partial charge in [-0.3, -0.25) is 14.5 Å². The van der Waals surface area contributed by atoms with Gasteiger partial charge >= 0.3 is 0 Å². The smallest absolute Gasteiger partial charge is 0.300 e. The van der Waals surface area contributed by atoms with Crippen LogP contribution in [0.5, 0.6) is 11.5 Å². The van der Waals surface area contributed by atoms with Crippen LogP contribution in [-0.4, -0.2) is 29.0 Å². The number of nitrogens with zero attached hydrogens (tertiary/aromatic N) is 1. The van der Waals surface area contributed by atoms with E-state index in [2.05, 4.69) is 13.8 Å². The molecule has 2 N–H and O–H groups in total. The van der Waals surface area contributed by atoms with Gasteiger partial charge < -0.3 is 14.9 Å². The van der Waals surface area contributed by atoms with E-state index in [0.717, 1.165) is 16.7 Å². The molecule has 35 heavy (non-hydrogen) atoms. The molecule has 1 amide bonds. The second-order valence-corrected chi connectivity index (χ2v) is 9.16. The molecule has 3 aromatic carbocycles. The molecular formula is C29H29NO5.